The minimum absolute atomic E-state index is 0.0595. The molecule has 0 unspecified atom stereocenters. The van der Waals surface area contributed by atoms with Gasteiger partial charge >= 0.3 is 0 Å². The standard InChI is InChI=1S/C24H33N3O3/c1-18(2)15-29-22-7-5-4-6-20(22)14-26-11-8-24(9-12-26)10-13-27(17-24)23(28)21-16-30-25-19(21)3/h4-7,16,18H,8-15,17H2,1-3H3. The van der Waals surface area contributed by atoms with Crippen LogP contribution in [0, 0.1) is 18.3 Å². The Balaban J connectivity index is 1.33. The van der Waals surface area contributed by atoms with Gasteiger partial charge in [0, 0.05) is 25.2 Å². The summed E-state index contributed by atoms with van der Waals surface area (Å²) in [5.41, 5.74) is 2.79. The molecule has 30 heavy (non-hydrogen) atoms. The molecule has 1 aromatic carbocycles. The number of rotatable bonds is 6. The number of nitrogens with zero attached hydrogens (tertiary/aromatic N) is 3. The molecule has 3 heterocycles. The van der Waals surface area contributed by atoms with Gasteiger partial charge < -0.3 is 14.2 Å². The van der Waals surface area contributed by atoms with Crippen LogP contribution in [0.25, 0.3) is 0 Å². The van der Waals surface area contributed by atoms with Gasteiger partial charge in [-0.3, -0.25) is 9.69 Å². The van der Waals surface area contributed by atoms with Crippen molar-refractivity contribution in [3.63, 3.8) is 0 Å². The van der Waals surface area contributed by atoms with Crippen LogP contribution in [0.5, 0.6) is 5.75 Å². The van der Waals surface area contributed by atoms with E-state index in [1.165, 1.54) is 11.8 Å². The third kappa shape index (κ3) is 4.53. The molecule has 1 aromatic heterocycles. The molecule has 2 saturated heterocycles. The van der Waals surface area contributed by atoms with E-state index in [2.05, 4.69) is 42.1 Å². The van der Waals surface area contributed by atoms with Gasteiger partial charge in [0.2, 0.25) is 0 Å². The van der Waals surface area contributed by atoms with Gasteiger partial charge in [0.1, 0.15) is 17.6 Å². The second-order valence-electron chi connectivity index (χ2n) is 9.38. The number of benzene rings is 1. The Labute approximate surface area is 179 Å². The van der Waals surface area contributed by atoms with Gasteiger partial charge in [0.05, 0.1) is 12.3 Å². The number of hydrogen-bond donors (Lipinski definition) is 0. The summed E-state index contributed by atoms with van der Waals surface area (Å²) in [5.74, 6) is 1.58. The second kappa shape index (κ2) is 8.80. The number of aryl methyl sites for hydroxylation is 1. The average molecular weight is 412 g/mol. The van der Waals surface area contributed by atoms with E-state index in [0.717, 1.165) is 64.3 Å². The molecule has 0 N–H and O–H groups in total. The van der Waals surface area contributed by atoms with Gasteiger partial charge in [-0.1, -0.05) is 37.2 Å². The Morgan fingerprint density at radius 2 is 1.93 bits per heavy atom. The highest BCUT2D eigenvalue weighted by atomic mass is 16.5. The van der Waals surface area contributed by atoms with Crippen molar-refractivity contribution in [3.8, 4) is 5.75 Å². The van der Waals surface area contributed by atoms with Crippen molar-refractivity contribution in [1.29, 1.82) is 0 Å². The van der Waals surface area contributed by atoms with Crippen molar-refractivity contribution < 1.29 is 14.1 Å². The smallest absolute Gasteiger partial charge is 0.259 e. The number of aromatic nitrogens is 1. The number of carbonyl (C=O) groups is 1. The molecule has 6 heteroatoms. The molecular weight excluding hydrogens is 378 g/mol. The molecule has 1 amide bonds. The minimum atomic E-state index is 0.0595. The first kappa shape index (κ1) is 20.9. The van der Waals surface area contributed by atoms with E-state index in [1.807, 2.05) is 17.9 Å². The summed E-state index contributed by atoms with van der Waals surface area (Å²) >= 11 is 0. The van der Waals surface area contributed by atoms with E-state index < -0.39 is 0 Å². The summed E-state index contributed by atoms with van der Waals surface area (Å²) in [6.07, 6.45) is 4.83. The monoisotopic (exact) mass is 411 g/mol. The van der Waals surface area contributed by atoms with Crippen LogP contribution >= 0.6 is 0 Å². The SMILES string of the molecule is Cc1nocc1C(=O)N1CCC2(CCN(Cc3ccccc3OCC(C)C)CC2)C1. The maximum Gasteiger partial charge on any atom is 0.259 e. The molecule has 0 saturated carbocycles. The summed E-state index contributed by atoms with van der Waals surface area (Å²) in [6, 6.07) is 8.40. The van der Waals surface area contributed by atoms with Crippen LogP contribution in [-0.4, -0.2) is 53.6 Å². The Kier molecular flexibility index (Phi) is 6.14. The lowest BCUT2D eigenvalue weighted by molar-refractivity contribution is 0.0711. The molecule has 0 bridgehead atoms. The van der Waals surface area contributed by atoms with E-state index in [-0.39, 0.29) is 11.3 Å². The molecule has 6 nitrogen and oxygen atoms in total. The summed E-state index contributed by atoms with van der Waals surface area (Å²) in [4.78, 5) is 17.3. The van der Waals surface area contributed by atoms with E-state index in [9.17, 15) is 4.79 Å². The van der Waals surface area contributed by atoms with Crippen molar-refractivity contribution in [2.45, 2.75) is 46.6 Å². The van der Waals surface area contributed by atoms with Crippen molar-refractivity contribution in [1.82, 2.24) is 15.0 Å². The number of ether oxygens (including phenoxy) is 1. The maximum absolute atomic E-state index is 12.8. The van der Waals surface area contributed by atoms with Crippen LogP contribution in [0.1, 0.15) is 54.7 Å². The molecule has 1 spiro atoms. The van der Waals surface area contributed by atoms with Crippen LogP contribution in [0.4, 0.5) is 0 Å². The molecule has 0 atom stereocenters. The molecule has 0 aliphatic carbocycles. The van der Waals surface area contributed by atoms with Gasteiger partial charge in [-0.25, -0.2) is 0 Å². The maximum atomic E-state index is 12.8. The lowest BCUT2D eigenvalue weighted by Crippen LogP contribution is -2.42. The number of likely N-dealkylation sites (tertiary alicyclic amines) is 2. The van der Waals surface area contributed by atoms with Crippen LogP contribution in [0.3, 0.4) is 0 Å². The fraction of sp³-hybridized carbons (Fsp3) is 0.583. The fourth-order valence-corrected chi connectivity index (χ4v) is 4.64. The van der Waals surface area contributed by atoms with Gasteiger partial charge in [-0.2, -0.15) is 0 Å². The zero-order chi connectivity index (χ0) is 21.1. The van der Waals surface area contributed by atoms with Crippen LogP contribution in [0.2, 0.25) is 0 Å². The first-order chi connectivity index (χ1) is 14.5. The molecule has 2 aliphatic rings. The summed E-state index contributed by atoms with van der Waals surface area (Å²) in [6.45, 7) is 11.6. The Morgan fingerprint density at radius 3 is 2.63 bits per heavy atom. The van der Waals surface area contributed by atoms with Gasteiger partial charge in [0.25, 0.3) is 5.91 Å². The largest absolute Gasteiger partial charge is 0.493 e. The van der Waals surface area contributed by atoms with Gasteiger partial charge in [-0.15, -0.1) is 0 Å². The molecule has 162 valence electrons. The van der Waals surface area contributed by atoms with E-state index in [4.69, 9.17) is 9.26 Å². The zero-order valence-corrected chi connectivity index (χ0v) is 18.4. The average Bonchev–Trinajstić information content (AvgIpc) is 3.35. The zero-order valence-electron chi connectivity index (χ0n) is 18.4. The minimum Gasteiger partial charge on any atom is -0.493 e. The second-order valence-corrected chi connectivity index (χ2v) is 9.38. The van der Waals surface area contributed by atoms with Crippen LogP contribution < -0.4 is 4.74 Å². The number of carbonyl (C=O) groups excluding carboxylic acids is 1. The Hall–Kier alpha value is -2.34. The van der Waals surface area contributed by atoms with Crippen molar-refractivity contribution in [2.24, 2.45) is 11.3 Å². The quantitative estimate of drug-likeness (QED) is 0.715. The summed E-state index contributed by atoms with van der Waals surface area (Å²) < 4.78 is 11.0. The number of para-hydroxylation sites is 1. The Morgan fingerprint density at radius 1 is 1.20 bits per heavy atom. The lowest BCUT2D eigenvalue weighted by Gasteiger charge is -2.39. The van der Waals surface area contributed by atoms with E-state index in [0.29, 0.717) is 17.2 Å². The van der Waals surface area contributed by atoms with Crippen molar-refractivity contribution in [2.75, 3.05) is 32.8 Å². The molecule has 0 radical (unpaired) electrons. The molecule has 2 aliphatic heterocycles. The number of piperidine rings is 1. The normalized spacial score (nSPS) is 19.0. The van der Waals surface area contributed by atoms with E-state index >= 15 is 0 Å². The van der Waals surface area contributed by atoms with Gasteiger partial charge in [-0.05, 0) is 56.7 Å². The first-order valence-electron chi connectivity index (χ1n) is 11.1. The molecule has 4 rings (SSSR count). The van der Waals surface area contributed by atoms with Crippen LogP contribution in [-0.2, 0) is 6.54 Å². The summed E-state index contributed by atoms with van der Waals surface area (Å²) in [7, 11) is 0. The highest BCUT2D eigenvalue weighted by Crippen LogP contribution is 2.41. The van der Waals surface area contributed by atoms with Crippen molar-refractivity contribution in [3.05, 3.63) is 47.3 Å². The van der Waals surface area contributed by atoms with Crippen LogP contribution in [0.15, 0.2) is 35.1 Å². The highest BCUT2D eigenvalue weighted by Gasteiger charge is 2.42. The third-order valence-electron chi connectivity index (χ3n) is 6.56. The number of amides is 1. The first-order valence-corrected chi connectivity index (χ1v) is 11.1. The van der Waals surface area contributed by atoms with E-state index in [1.54, 1.807) is 0 Å². The predicted molar refractivity (Wildman–Crippen MR) is 115 cm³/mol. The lowest BCUT2D eigenvalue weighted by atomic mass is 9.77. The fourth-order valence-electron chi connectivity index (χ4n) is 4.64. The highest BCUT2D eigenvalue weighted by molar-refractivity contribution is 5.95. The molecule has 2 fully saturated rings. The van der Waals surface area contributed by atoms with Crippen molar-refractivity contribution >= 4 is 5.91 Å². The predicted octanol–water partition coefficient (Wildman–Crippen LogP) is 4.15. The summed E-state index contributed by atoms with van der Waals surface area (Å²) in [5, 5.41) is 3.85. The molecule has 2 aromatic rings. The molecular formula is C24H33N3O3. The van der Waals surface area contributed by atoms with Gasteiger partial charge in [0.15, 0.2) is 0 Å². The topological polar surface area (TPSA) is 58.8 Å². The Bertz CT molecular complexity index is 868. The third-order valence-corrected chi connectivity index (χ3v) is 6.56. The number of hydrogen-bond acceptors (Lipinski definition) is 5.